The van der Waals surface area contributed by atoms with Gasteiger partial charge in [-0.3, -0.25) is 23.9 Å². The standard InChI is InChI=1S/C37H36F2N6O3/c1-7-28(47)43-18-23-17-42(6)35-34(44(23)16-21(43)5)24-15-26(39)32(30-25(38)12-11-22-9-8-10-27(46)29(22)30)41-36(24)45(37(35)48)33-20(4)13-14-40-31(33)19(2)3/h7-9,11-15,19,21,23H,1,10,16-18H2,2-6H3/t21-,23+/m1/s1. The van der Waals surface area contributed by atoms with Crippen molar-refractivity contribution in [3.8, 4) is 16.9 Å². The summed E-state index contributed by atoms with van der Waals surface area (Å²) in [6.45, 7) is 12.6. The van der Waals surface area contributed by atoms with Gasteiger partial charge in [0.1, 0.15) is 23.0 Å². The molecule has 9 nitrogen and oxygen atoms in total. The number of aromatic nitrogens is 3. The first-order valence-electron chi connectivity index (χ1n) is 16.1. The molecule has 0 unspecified atom stereocenters. The van der Waals surface area contributed by atoms with E-state index in [9.17, 15) is 14.4 Å². The van der Waals surface area contributed by atoms with Crippen molar-refractivity contribution in [1.82, 2.24) is 19.4 Å². The van der Waals surface area contributed by atoms with Gasteiger partial charge in [-0.15, -0.1) is 0 Å². The smallest absolute Gasteiger partial charge is 0.282 e. The van der Waals surface area contributed by atoms with Gasteiger partial charge in [-0.1, -0.05) is 38.6 Å². The molecule has 0 spiro atoms. The molecule has 7 rings (SSSR count). The topological polar surface area (TPSA) is 91.6 Å². The van der Waals surface area contributed by atoms with Crippen LogP contribution in [0.4, 0.5) is 20.2 Å². The lowest BCUT2D eigenvalue weighted by molar-refractivity contribution is -0.128. The fourth-order valence-electron chi connectivity index (χ4n) is 7.52. The van der Waals surface area contributed by atoms with Crippen LogP contribution in [0.3, 0.4) is 0 Å². The number of anilines is 2. The predicted molar refractivity (Wildman–Crippen MR) is 183 cm³/mol. The van der Waals surface area contributed by atoms with Crippen molar-refractivity contribution in [3.63, 3.8) is 0 Å². The Morgan fingerprint density at radius 2 is 1.81 bits per heavy atom. The highest BCUT2D eigenvalue weighted by Crippen LogP contribution is 2.43. The van der Waals surface area contributed by atoms with E-state index in [1.165, 1.54) is 28.8 Å². The van der Waals surface area contributed by atoms with Crippen LogP contribution >= 0.6 is 0 Å². The SMILES string of the molecule is C=CC(=O)N1C[C@@H]2CN(C)c3c(c4cc(F)c(-c5c(F)ccc6c5C(=O)CC=C6)nc4n(-c4c(C)ccnc4C(C)C)c3=O)N2C[C@H]1C. The van der Waals surface area contributed by atoms with Gasteiger partial charge < -0.3 is 14.7 Å². The first-order chi connectivity index (χ1) is 22.9. The third kappa shape index (κ3) is 4.66. The number of amides is 1. The minimum absolute atomic E-state index is 0.0513. The number of benzene rings is 1. The summed E-state index contributed by atoms with van der Waals surface area (Å²) >= 11 is 0. The van der Waals surface area contributed by atoms with Gasteiger partial charge in [0.15, 0.2) is 11.4 Å². The van der Waals surface area contributed by atoms with Crippen LogP contribution in [-0.2, 0) is 4.79 Å². The Morgan fingerprint density at radius 3 is 2.54 bits per heavy atom. The number of pyridine rings is 3. The lowest BCUT2D eigenvalue weighted by Crippen LogP contribution is -2.64. The molecule has 4 aromatic rings. The highest BCUT2D eigenvalue weighted by Gasteiger charge is 2.41. The normalized spacial score (nSPS) is 18.7. The molecule has 3 aliphatic rings. The maximum atomic E-state index is 16.6. The molecule has 0 radical (unpaired) electrons. The quantitative estimate of drug-likeness (QED) is 0.258. The van der Waals surface area contributed by atoms with Gasteiger partial charge in [0.2, 0.25) is 5.91 Å². The number of likely N-dealkylation sites (N-methyl/N-ethyl adjacent to an activating group) is 1. The van der Waals surface area contributed by atoms with Gasteiger partial charge >= 0.3 is 0 Å². The van der Waals surface area contributed by atoms with Crippen LogP contribution in [0, 0.1) is 18.6 Å². The van der Waals surface area contributed by atoms with Crippen LogP contribution in [0.1, 0.15) is 60.3 Å². The number of allylic oxidation sites excluding steroid dienone is 1. The Labute approximate surface area is 276 Å². The van der Waals surface area contributed by atoms with Crippen molar-refractivity contribution in [2.75, 3.05) is 36.5 Å². The maximum Gasteiger partial charge on any atom is 0.282 e. The van der Waals surface area contributed by atoms with Gasteiger partial charge in [0, 0.05) is 56.3 Å². The summed E-state index contributed by atoms with van der Waals surface area (Å²) in [5.41, 5.74) is 2.49. The first kappa shape index (κ1) is 31.4. The van der Waals surface area contributed by atoms with Gasteiger partial charge in [0.25, 0.3) is 5.56 Å². The summed E-state index contributed by atoms with van der Waals surface area (Å²) in [5, 5.41) is 0.354. The van der Waals surface area contributed by atoms with Crippen molar-refractivity contribution >= 4 is 40.2 Å². The van der Waals surface area contributed by atoms with E-state index in [-0.39, 0.29) is 64.1 Å². The van der Waals surface area contributed by atoms with Gasteiger partial charge in [0.05, 0.1) is 28.7 Å². The van der Waals surface area contributed by atoms with Crippen LogP contribution in [0.5, 0.6) is 0 Å². The molecule has 2 aliphatic heterocycles. The van der Waals surface area contributed by atoms with E-state index in [2.05, 4.69) is 16.5 Å². The van der Waals surface area contributed by atoms with E-state index in [4.69, 9.17) is 4.98 Å². The number of ketones is 1. The molecule has 11 heteroatoms. The number of fused-ring (bicyclic) bond motifs is 6. The summed E-state index contributed by atoms with van der Waals surface area (Å²) in [4.78, 5) is 55.9. The van der Waals surface area contributed by atoms with Gasteiger partial charge in [-0.2, -0.15) is 0 Å². The second kappa shape index (κ2) is 11.5. The molecular weight excluding hydrogens is 614 g/mol. The third-order valence-electron chi connectivity index (χ3n) is 9.73. The van der Waals surface area contributed by atoms with E-state index < -0.39 is 11.6 Å². The lowest BCUT2D eigenvalue weighted by atomic mass is 9.89. The molecule has 0 saturated carbocycles. The van der Waals surface area contributed by atoms with Crippen molar-refractivity contribution in [1.29, 1.82) is 0 Å². The average molecular weight is 651 g/mol. The number of Topliss-reactive ketones (excluding diaryl/α,β-unsaturated/α-hetero) is 1. The van der Waals surface area contributed by atoms with Gasteiger partial charge in [-0.25, -0.2) is 13.8 Å². The summed E-state index contributed by atoms with van der Waals surface area (Å²) in [5.74, 6) is -2.22. The minimum Gasteiger partial charge on any atom is -0.366 e. The maximum absolute atomic E-state index is 16.6. The Hall–Kier alpha value is -5.19. The second-order valence-corrected chi connectivity index (χ2v) is 13.2. The van der Waals surface area contributed by atoms with Crippen LogP contribution in [0.25, 0.3) is 34.1 Å². The van der Waals surface area contributed by atoms with Crippen LogP contribution in [-0.4, -0.2) is 69.9 Å². The Kier molecular flexibility index (Phi) is 7.53. The fourth-order valence-corrected chi connectivity index (χ4v) is 7.52. The van der Waals surface area contributed by atoms with Crippen LogP contribution in [0.15, 0.2) is 54.0 Å². The molecule has 48 heavy (non-hydrogen) atoms. The zero-order chi connectivity index (χ0) is 34.2. The summed E-state index contributed by atoms with van der Waals surface area (Å²) in [6, 6.07) is 5.37. The molecule has 0 N–H and O–H groups in total. The Bertz CT molecular complexity index is 2160. The number of nitrogens with zero attached hydrogens (tertiary/aromatic N) is 6. The molecule has 1 amide bonds. The van der Waals surface area contributed by atoms with Crippen molar-refractivity contribution in [2.45, 2.75) is 52.1 Å². The summed E-state index contributed by atoms with van der Waals surface area (Å²) in [7, 11) is 1.81. The molecule has 1 aliphatic carbocycles. The third-order valence-corrected chi connectivity index (χ3v) is 9.73. The molecular formula is C37H36F2N6O3. The van der Waals surface area contributed by atoms with Crippen LogP contribution < -0.4 is 15.4 Å². The molecule has 1 aromatic carbocycles. The Balaban J connectivity index is 1.59. The van der Waals surface area contributed by atoms with E-state index >= 15 is 8.78 Å². The number of aryl methyl sites for hydroxylation is 1. The minimum atomic E-state index is -0.824. The molecule has 0 bridgehead atoms. The molecule has 246 valence electrons. The predicted octanol–water partition coefficient (Wildman–Crippen LogP) is 5.80. The summed E-state index contributed by atoms with van der Waals surface area (Å²) < 4.78 is 33.9. The largest absolute Gasteiger partial charge is 0.366 e. The number of carbonyl (C=O) groups excluding carboxylic acids is 2. The molecule has 1 saturated heterocycles. The lowest BCUT2D eigenvalue weighted by Gasteiger charge is -2.51. The summed E-state index contributed by atoms with van der Waals surface area (Å²) in [6.07, 6.45) is 6.44. The molecule has 1 fully saturated rings. The Morgan fingerprint density at radius 1 is 1.04 bits per heavy atom. The van der Waals surface area contributed by atoms with Crippen LogP contribution in [0.2, 0.25) is 0 Å². The second-order valence-electron chi connectivity index (χ2n) is 13.2. The van der Waals surface area contributed by atoms with Crippen molar-refractivity contribution in [3.05, 3.63) is 93.6 Å². The van der Waals surface area contributed by atoms with E-state index in [0.29, 0.717) is 53.3 Å². The highest BCUT2D eigenvalue weighted by atomic mass is 19.1. The average Bonchev–Trinajstić information content (AvgIpc) is 3.05. The zero-order valence-electron chi connectivity index (χ0n) is 27.6. The number of carbonyl (C=O) groups is 2. The number of piperazine rings is 1. The van der Waals surface area contributed by atoms with Gasteiger partial charge in [-0.05, 0) is 55.2 Å². The number of hydrogen-bond donors (Lipinski definition) is 0. The molecule has 3 aromatic heterocycles. The highest BCUT2D eigenvalue weighted by molar-refractivity contribution is 6.08. The number of rotatable bonds is 4. The zero-order valence-corrected chi connectivity index (χ0v) is 27.6. The van der Waals surface area contributed by atoms with E-state index in [1.807, 2.05) is 39.6 Å². The van der Waals surface area contributed by atoms with E-state index in [0.717, 1.165) is 5.56 Å². The van der Waals surface area contributed by atoms with E-state index in [1.54, 1.807) is 29.3 Å². The molecule has 2 atom stereocenters. The monoisotopic (exact) mass is 650 g/mol. The van der Waals surface area contributed by atoms with Crippen molar-refractivity contribution < 1.29 is 18.4 Å². The van der Waals surface area contributed by atoms with Crippen molar-refractivity contribution in [2.24, 2.45) is 0 Å². The fraction of sp³-hybridized carbons (Fsp3) is 0.324. The first-order valence-corrected chi connectivity index (χ1v) is 16.1. The number of halogens is 2. The number of hydrogen-bond acceptors (Lipinski definition) is 7. The molecule has 5 heterocycles.